The van der Waals surface area contributed by atoms with Crippen LogP contribution in [-0.2, 0) is 10.0 Å². The summed E-state index contributed by atoms with van der Waals surface area (Å²) in [7, 11) is -3.41. The summed E-state index contributed by atoms with van der Waals surface area (Å²) in [6.07, 6.45) is 4.26. The van der Waals surface area contributed by atoms with Gasteiger partial charge in [-0.1, -0.05) is 47.5 Å². The van der Waals surface area contributed by atoms with Gasteiger partial charge in [-0.05, 0) is 37.1 Å². The van der Waals surface area contributed by atoms with Crippen molar-refractivity contribution in [2.24, 2.45) is 0 Å². The van der Waals surface area contributed by atoms with Crippen molar-refractivity contribution >= 4 is 20.8 Å². The van der Waals surface area contributed by atoms with E-state index < -0.39 is 10.0 Å². The highest BCUT2D eigenvalue weighted by molar-refractivity contribution is 7.89. The molecule has 0 N–H and O–H groups in total. The Balaban J connectivity index is 1.69. The fraction of sp³-hybridized carbons (Fsp3) is 0.333. The van der Waals surface area contributed by atoms with Crippen molar-refractivity contribution in [1.82, 2.24) is 4.31 Å². The van der Waals surface area contributed by atoms with E-state index in [1.165, 1.54) is 18.4 Å². The average Bonchev–Trinajstić information content (AvgIpc) is 3.39. The van der Waals surface area contributed by atoms with Gasteiger partial charge in [-0.15, -0.1) is 0 Å². The van der Waals surface area contributed by atoms with E-state index in [1.807, 2.05) is 36.4 Å². The molecule has 0 atom stereocenters. The van der Waals surface area contributed by atoms with Crippen molar-refractivity contribution in [3.8, 4) is 0 Å². The van der Waals surface area contributed by atoms with Gasteiger partial charge in [0.15, 0.2) is 0 Å². The van der Waals surface area contributed by atoms with Crippen LogP contribution in [0.3, 0.4) is 0 Å². The Morgan fingerprint density at radius 2 is 1.41 bits per heavy atom. The lowest BCUT2D eigenvalue weighted by Gasteiger charge is -2.28. The number of piperidine rings is 1. The minimum absolute atomic E-state index is 0.438. The molecule has 1 aliphatic heterocycles. The Kier molecular flexibility index (Phi) is 3.31. The van der Waals surface area contributed by atoms with Crippen LogP contribution in [0.15, 0.2) is 58.5 Å². The molecule has 22 heavy (non-hydrogen) atoms. The molecular formula is C18H19NO2S. The van der Waals surface area contributed by atoms with Gasteiger partial charge in [-0.3, -0.25) is 0 Å². The van der Waals surface area contributed by atoms with Crippen molar-refractivity contribution in [1.29, 1.82) is 0 Å². The van der Waals surface area contributed by atoms with Gasteiger partial charge < -0.3 is 0 Å². The SMILES string of the molecule is O=S(=O)(c1cccc2ccccc12)N1CCC(=C2CC2)CC1. The molecular weight excluding hydrogens is 294 g/mol. The largest absolute Gasteiger partial charge is 0.243 e. The monoisotopic (exact) mass is 313 g/mol. The second-order valence-electron chi connectivity index (χ2n) is 6.09. The fourth-order valence-corrected chi connectivity index (χ4v) is 4.98. The first-order valence-corrected chi connectivity index (χ1v) is 9.28. The van der Waals surface area contributed by atoms with Crippen molar-refractivity contribution < 1.29 is 8.42 Å². The van der Waals surface area contributed by atoms with E-state index in [2.05, 4.69) is 0 Å². The molecule has 0 amide bonds. The van der Waals surface area contributed by atoms with E-state index in [4.69, 9.17) is 0 Å². The minimum atomic E-state index is -3.41. The highest BCUT2D eigenvalue weighted by atomic mass is 32.2. The van der Waals surface area contributed by atoms with E-state index in [9.17, 15) is 8.42 Å². The van der Waals surface area contributed by atoms with Gasteiger partial charge in [0.1, 0.15) is 0 Å². The van der Waals surface area contributed by atoms with Crippen molar-refractivity contribution in [2.45, 2.75) is 30.6 Å². The number of hydrogen-bond acceptors (Lipinski definition) is 2. The van der Waals surface area contributed by atoms with Crippen LogP contribution in [0.2, 0.25) is 0 Å². The molecule has 2 aromatic carbocycles. The third kappa shape index (κ3) is 2.36. The maximum absolute atomic E-state index is 13.0. The molecule has 4 rings (SSSR count). The minimum Gasteiger partial charge on any atom is -0.207 e. The zero-order valence-corrected chi connectivity index (χ0v) is 13.3. The quantitative estimate of drug-likeness (QED) is 0.793. The lowest BCUT2D eigenvalue weighted by molar-refractivity contribution is 0.386. The van der Waals surface area contributed by atoms with Crippen molar-refractivity contribution in [3.63, 3.8) is 0 Å². The zero-order valence-electron chi connectivity index (χ0n) is 12.5. The first kappa shape index (κ1) is 14.0. The molecule has 4 heteroatoms. The topological polar surface area (TPSA) is 37.4 Å². The first-order chi connectivity index (χ1) is 10.7. The number of hydrogen-bond donors (Lipinski definition) is 0. The molecule has 1 saturated carbocycles. The van der Waals surface area contributed by atoms with Crippen LogP contribution < -0.4 is 0 Å². The van der Waals surface area contributed by atoms with E-state index >= 15 is 0 Å². The zero-order chi connectivity index (χ0) is 15.2. The molecule has 1 heterocycles. The average molecular weight is 313 g/mol. The smallest absolute Gasteiger partial charge is 0.207 e. The second kappa shape index (κ2) is 5.21. The van der Waals surface area contributed by atoms with Gasteiger partial charge in [-0.25, -0.2) is 8.42 Å². The molecule has 0 spiro atoms. The Bertz CT molecular complexity index is 846. The Labute approximate surface area is 131 Å². The summed E-state index contributed by atoms with van der Waals surface area (Å²) in [4.78, 5) is 0.438. The molecule has 2 aromatic rings. The lowest BCUT2D eigenvalue weighted by Crippen LogP contribution is -2.36. The van der Waals surface area contributed by atoms with Crippen LogP contribution in [-0.4, -0.2) is 25.8 Å². The van der Waals surface area contributed by atoms with E-state index in [1.54, 1.807) is 15.9 Å². The van der Waals surface area contributed by atoms with Gasteiger partial charge in [0.05, 0.1) is 4.90 Å². The molecule has 2 fully saturated rings. The van der Waals surface area contributed by atoms with E-state index in [-0.39, 0.29) is 0 Å². The predicted molar refractivity (Wildman–Crippen MR) is 88.2 cm³/mol. The third-order valence-electron chi connectivity index (χ3n) is 4.69. The second-order valence-corrected chi connectivity index (χ2v) is 7.99. The van der Waals surface area contributed by atoms with Gasteiger partial charge in [0.25, 0.3) is 0 Å². The number of sulfonamides is 1. The Hall–Kier alpha value is -1.65. The Morgan fingerprint density at radius 3 is 2.14 bits per heavy atom. The summed E-state index contributed by atoms with van der Waals surface area (Å²) < 4.78 is 27.7. The van der Waals surface area contributed by atoms with Crippen LogP contribution in [0, 0.1) is 0 Å². The van der Waals surface area contributed by atoms with E-state index in [0.717, 1.165) is 23.6 Å². The highest BCUT2D eigenvalue weighted by Crippen LogP contribution is 2.37. The standard InChI is InChI=1S/C18H19NO2S/c20-22(21,19-12-10-15(11-13-19)14-8-9-14)18-7-3-5-16-4-1-2-6-17(16)18/h1-7H,8-13H2. The summed E-state index contributed by atoms with van der Waals surface area (Å²) in [5, 5.41) is 1.79. The molecule has 0 aromatic heterocycles. The molecule has 3 nitrogen and oxygen atoms in total. The normalized spacial score (nSPS) is 19.6. The predicted octanol–water partition coefficient (Wildman–Crippen LogP) is 3.71. The number of nitrogens with zero attached hydrogens (tertiary/aromatic N) is 1. The summed E-state index contributed by atoms with van der Waals surface area (Å²) in [5.41, 5.74) is 3.08. The highest BCUT2D eigenvalue weighted by Gasteiger charge is 2.30. The fourth-order valence-electron chi connectivity index (χ4n) is 3.33. The molecule has 1 saturated heterocycles. The van der Waals surface area contributed by atoms with Gasteiger partial charge >= 0.3 is 0 Å². The van der Waals surface area contributed by atoms with Crippen LogP contribution >= 0.6 is 0 Å². The molecule has 0 radical (unpaired) electrons. The number of rotatable bonds is 2. The van der Waals surface area contributed by atoms with Crippen LogP contribution in [0.4, 0.5) is 0 Å². The summed E-state index contributed by atoms with van der Waals surface area (Å²) in [6.45, 7) is 1.23. The van der Waals surface area contributed by atoms with E-state index in [0.29, 0.717) is 18.0 Å². The summed E-state index contributed by atoms with van der Waals surface area (Å²) in [5.74, 6) is 0. The lowest BCUT2D eigenvalue weighted by atomic mass is 10.1. The third-order valence-corrected chi connectivity index (χ3v) is 6.65. The molecule has 0 unspecified atom stereocenters. The Morgan fingerprint density at radius 1 is 0.773 bits per heavy atom. The van der Waals surface area contributed by atoms with Gasteiger partial charge in [0.2, 0.25) is 10.0 Å². The summed E-state index contributed by atoms with van der Waals surface area (Å²) in [6, 6.07) is 13.2. The van der Waals surface area contributed by atoms with Crippen molar-refractivity contribution in [2.75, 3.05) is 13.1 Å². The maximum atomic E-state index is 13.0. The maximum Gasteiger partial charge on any atom is 0.243 e. The molecule has 114 valence electrons. The summed E-state index contributed by atoms with van der Waals surface area (Å²) >= 11 is 0. The van der Waals surface area contributed by atoms with Crippen LogP contribution in [0.1, 0.15) is 25.7 Å². The van der Waals surface area contributed by atoms with Crippen LogP contribution in [0.25, 0.3) is 10.8 Å². The molecule has 1 aliphatic carbocycles. The van der Waals surface area contributed by atoms with Gasteiger partial charge in [-0.2, -0.15) is 4.31 Å². The van der Waals surface area contributed by atoms with Gasteiger partial charge in [0, 0.05) is 18.5 Å². The number of allylic oxidation sites excluding steroid dienone is 1. The molecule has 0 bridgehead atoms. The molecule has 2 aliphatic rings. The number of benzene rings is 2. The first-order valence-electron chi connectivity index (χ1n) is 7.84. The van der Waals surface area contributed by atoms with Crippen molar-refractivity contribution in [3.05, 3.63) is 53.6 Å². The number of fused-ring (bicyclic) bond motifs is 1. The van der Waals surface area contributed by atoms with Crippen LogP contribution in [0.5, 0.6) is 0 Å².